The van der Waals surface area contributed by atoms with Gasteiger partial charge in [-0.05, 0) is 24.6 Å². The smallest absolute Gasteiger partial charge is 0.120 e. The summed E-state index contributed by atoms with van der Waals surface area (Å²) in [4.78, 5) is 0. The Labute approximate surface area is 83.6 Å². The second-order valence-corrected chi connectivity index (χ2v) is 3.01. The van der Waals surface area contributed by atoms with Gasteiger partial charge in [0, 0.05) is 0 Å². The number of hydrogen-bond acceptors (Lipinski definition) is 3. The molecule has 0 heterocycles. The zero-order valence-corrected chi connectivity index (χ0v) is 8.10. The van der Waals surface area contributed by atoms with E-state index in [2.05, 4.69) is 0 Å². The van der Waals surface area contributed by atoms with E-state index in [1.54, 1.807) is 24.3 Å². The average Bonchev–Trinajstić information content (AvgIpc) is 2.26. The summed E-state index contributed by atoms with van der Waals surface area (Å²) in [5.41, 5.74) is 0.563. The Morgan fingerprint density at radius 2 is 2.36 bits per heavy atom. The van der Waals surface area contributed by atoms with E-state index >= 15 is 0 Å². The molecule has 0 fully saturated rings. The highest BCUT2D eigenvalue weighted by Gasteiger charge is 2.01. The summed E-state index contributed by atoms with van der Waals surface area (Å²) in [5, 5.41) is 17.9. The summed E-state index contributed by atoms with van der Waals surface area (Å²) >= 11 is 0. The summed E-state index contributed by atoms with van der Waals surface area (Å²) in [6, 6.07) is 8.92. The van der Waals surface area contributed by atoms with Gasteiger partial charge in [0.1, 0.15) is 12.4 Å². The molecular formula is C11H13NO2. The van der Waals surface area contributed by atoms with E-state index in [1.165, 1.54) is 0 Å². The number of nitrogens with zero attached hydrogens (tertiary/aromatic N) is 1. The second kappa shape index (κ2) is 5.25. The Kier molecular flexibility index (Phi) is 3.96. The predicted molar refractivity (Wildman–Crippen MR) is 52.9 cm³/mol. The first-order valence-corrected chi connectivity index (χ1v) is 4.57. The monoisotopic (exact) mass is 191 g/mol. The van der Waals surface area contributed by atoms with E-state index in [4.69, 9.17) is 10.00 Å². The molecular weight excluding hydrogens is 178 g/mol. The van der Waals surface area contributed by atoms with Crippen molar-refractivity contribution in [3.05, 3.63) is 29.8 Å². The highest BCUT2D eigenvalue weighted by molar-refractivity contribution is 5.36. The molecule has 3 heteroatoms. The Morgan fingerprint density at radius 3 is 3.00 bits per heavy atom. The van der Waals surface area contributed by atoms with Crippen LogP contribution in [0.1, 0.15) is 18.9 Å². The van der Waals surface area contributed by atoms with Gasteiger partial charge >= 0.3 is 0 Å². The van der Waals surface area contributed by atoms with Crippen molar-refractivity contribution in [2.45, 2.75) is 19.4 Å². The van der Waals surface area contributed by atoms with E-state index in [-0.39, 0.29) is 6.61 Å². The van der Waals surface area contributed by atoms with Crippen LogP contribution in [0.15, 0.2) is 24.3 Å². The summed E-state index contributed by atoms with van der Waals surface area (Å²) in [6.07, 6.45) is 0.221. The molecule has 0 amide bonds. The van der Waals surface area contributed by atoms with Crippen LogP contribution in [-0.2, 0) is 0 Å². The first-order chi connectivity index (χ1) is 6.76. The number of ether oxygens (including phenoxy) is 1. The molecule has 0 bridgehead atoms. The molecule has 0 aliphatic heterocycles. The van der Waals surface area contributed by atoms with Crippen molar-refractivity contribution in [3.63, 3.8) is 0 Å². The van der Waals surface area contributed by atoms with Crippen LogP contribution in [0, 0.1) is 11.3 Å². The van der Waals surface area contributed by atoms with Gasteiger partial charge in [0.2, 0.25) is 0 Å². The molecule has 0 spiro atoms. The Balaban J connectivity index is 2.55. The average molecular weight is 191 g/mol. The SMILES string of the molecule is CCC(O)COc1cccc(C#N)c1. The molecule has 1 N–H and O–H groups in total. The van der Waals surface area contributed by atoms with Gasteiger partial charge in [-0.15, -0.1) is 0 Å². The fourth-order valence-electron chi connectivity index (χ4n) is 0.966. The topological polar surface area (TPSA) is 53.2 Å². The molecule has 1 aromatic rings. The van der Waals surface area contributed by atoms with Gasteiger partial charge in [-0.1, -0.05) is 13.0 Å². The fraction of sp³-hybridized carbons (Fsp3) is 0.364. The molecule has 1 rings (SSSR count). The number of aliphatic hydroxyl groups is 1. The number of benzene rings is 1. The Hall–Kier alpha value is -1.53. The molecule has 1 unspecified atom stereocenters. The molecule has 1 aromatic carbocycles. The zero-order valence-electron chi connectivity index (χ0n) is 8.10. The lowest BCUT2D eigenvalue weighted by Crippen LogP contribution is -2.15. The van der Waals surface area contributed by atoms with Gasteiger partial charge in [0.05, 0.1) is 17.7 Å². The molecule has 0 radical (unpaired) electrons. The van der Waals surface area contributed by atoms with E-state index in [0.717, 1.165) is 0 Å². The summed E-state index contributed by atoms with van der Waals surface area (Å²) in [6.45, 7) is 2.16. The third-order valence-corrected chi connectivity index (χ3v) is 1.88. The van der Waals surface area contributed by atoms with Gasteiger partial charge < -0.3 is 9.84 Å². The van der Waals surface area contributed by atoms with E-state index < -0.39 is 6.10 Å². The van der Waals surface area contributed by atoms with Crippen molar-refractivity contribution >= 4 is 0 Å². The van der Waals surface area contributed by atoms with Crippen molar-refractivity contribution in [1.82, 2.24) is 0 Å². The van der Waals surface area contributed by atoms with Crippen molar-refractivity contribution in [2.75, 3.05) is 6.61 Å². The molecule has 0 aliphatic carbocycles. The number of nitriles is 1. The molecule has 14 heavy (non-hydrogen) atoms. The molecule has 3 nitrogen and oxygen atoms in total. The minimum Gasteiger partial charge on any atom is -0.491 e. The normalized spacial score (nSPS) is 11.8. The van der Waals surface area contributed by atoms with E-state index in [1.807, 2.05) is 13.0 Å². The van der Waals surface area contributed by atoms with E-state index in [9.17, 15) is 5.11 Å². The third-order valence-electron chi connectivity index (χ3n) is 1.88. The highest BCUT2D eigenvalue weighted by Crippen LogP contribution is 2.12. The van der Waals surface area contributed by atoms with Crippen molar-refractivity contribution in [2.24, 2.45) is 0 Å². The number of aliphatic hydroxyl groups excluding tert-OH is 1. The molecule has 0 aliphatic rings. The zero-order chi connectivity index (χ0) is 10.4. The van der Waals surface area contributed by atoms with Crippen LogP contribution in [0.4, 0.5) is 0 Å². The van der Waals surface area contributed by atoms with Crippen LogP contribution in [0.3, 0.4) is 0 Å². The maximum atomic E-state index is 9.26. The lowest BCUT2D eigenvalue weighted by Gasteiger charge is -2.09. The van der Waals surface area contributed by atoms with Crippen molar-refractivity contribution in [1.29, 1.82) is 5.26 Å². The third kappa shape index (κ3) is 3.08. The standard InChI is InChI=1S/C11H13NO2/c1-2-10(13)8-14-11-5-3-4-9(6-11)7-12/h3-6,10,13H,2,8H2,1H3. The first kappa shape index (κ1) is 10.6. The van der Waals surface area contributed by atoms with Gasteiger partial charge in [0.15, 0.2) is 0 Å². The number of hydrogen-bond donors (Lipinski definition) is 1. The molecule has 1 atom stereocenters. The minimum atomic E-state index is -0.444. The van der Waals surface area contributed by atoms with Gasteiger partial charge in [0.25, 0.3) is 0 Å². The second-order valence-electron chi connectivity index (χ2n) is 3.01. The lowest BCUT2D eigenvalue weighted by molar-refractivity contribution is 0.104. The van der Waals surface area contributed by atoms with Crippen molar-refractivity contribution < 1.29 is 9.84 Å². The number of rotatable bonds is 4. The fourth-order valence-corrected chi connectivity index (χ4v) is 0.966. The Bertz CT molecular complexity index is 330. The molecule has 0 saturated heterocycles. The first-order valence-electron chi connectivity index (χ1n) is 4.57. The van der Waals surface area contributed by atoms with Gasteiger partial charge in [-0.25, -0.2) is 0 Å². The largest absolute Gasteiger partial charge is 0.491 e. The van der Waals surface area contributed by atoms with Crippen LogP contribution in [0.5, 0.6) is 5.75 Å². The highest BCUT2D eigenvalue weighted by atomic mass is 16.5. The maximum absolute atomic E-state index is 9.26. The van der Waals surface area contributed by atoms with E-state index in [0.29, 0.717) is 17.7 Å². The van der Waals surface area contributed by atoms with Crippen LogP contribution in [0.2, 0.25) is 0 Å². The molecule has 0 aromatic heterocycles. The summed E-state index contributed by atoms with van der Waals surface area (Å²) < 4.78 is 5.30. The maximum Gasteiger partial charge on any atom is 0.120 e. The van der Waals surface area contributed by atoms with Crippen LogP contribution >= 0.6 is 0 Å². The quantitative estimate of drug-likeness (QED) is 0.788. The molecule has 74 valence electrons. The minimum absolute atomic E-state index is 0.269. The molecule has 0 saturated carbocycles. The van der Waals surface area contributed by atoms with Crippen molar-refractivity contribution in [3.8, 4) is 11.8 Å². The van der Waals surface area contributed by atoms with Gasteiger partial charge in [-0.3, -0.25) is 0 Å². The van der Waals surface area contributed by atoms with Crippen LogP contribution in [0.25, 0.3) is 0 Å². The summed E-state index contributed by atoms with van der Waals surface area (Å²) in [7, 11) is 0. The van der Waals surface area contributed by atoms with Gasteiger partial charge in [-0.2, -0.15) is 5.26 Å². The lowest BCUT2D eigenvalue weighted by atomic mass is 10.2. The van der Waals surface area contributed by atoms with Crippen LogP contribution < -0.4 is 4.74 Å². The predicted octanol–water partition coefficient (Wildman–Crippen LogP) is 1.71. The van der Waals surface area contributed by atoms with Crippen LogP contribution in [-0.4, -0.2) is 17.8 Å². The summed E-state index contributed by atoms with van der Waals surface area (Å²) in [5.74, 6) is 0.622. The Morgan fingerprint density at radius 1 is 1.57 bits per heavy atom.